The number of hydrogen-bond acceptors (Lipinski definition) is 4. The fourth-order valence-corrected chi connectivity index (χ4v) is 2.96. The molecule has 4 nitrogen and oxygen atoms in total. The summed E-state index contributed by atoms with van der Waals surface area (Å²) in [5.74, 6) is -0.572. The smallest absolute Gasteiger partial charge is 0.358 e. The zero-order chi connectivity index (χ0) is 13.4. The molecule has 0 bridgehead atoms. The van der Waals surface area contributed by atoms with Gasteiger partial charge < -0.3 is 13.8 Å². The summed E-state index contributed by atoms with van der Waals surface area (Å²) in [4.78, 5) is 0. The van der Waals surface area contributed by atoms with Crippen molar-refractivity contribution in [2.45, 2.75) is 33.2 Å². The van der Waals surface area contributed by atoms with E-state index in [1.807, 2.05) is 30.3 Å². The Morgan fingerprint density at radius 3 is 2.17 bits per heavy atom. The van der Waals surface area contributed by atoms with Crippen LogP contribution in [0.5, 0.6) is 0 Å². The number of rotatable bonds is 8. The molecule has 1 aromatic carbocycles. The highest BCUT2D eigenvalue weighted by atomic mass is 31.2. The van der Waals surface area contributed by atoms with Gasteiger partial charge in [-0.1, -0.05) is 30.3 Å². The Hall–Kier alpha value is -0.670. The van der Waals surface area contributed by atoms with Gasteiger partial charge in [0.2, 0.25) is 0 Å². The Balaban J connectivity index is 2.57. The van der Waals surface area contributed by atoms with Crippen molar-refractivity contribution in [1.29, 1.82) is 0 Å². The average molecular weight is 272 g/mol. The molecule has 102 valence electrons. The summed E-state index contributed by atoms with van der Waals surface area (Å²) in [6, 6.07) is 9.73. The van der Waals surface area contributed by atoms with Crippen molar-refractivity contribution in [2.75, 3.05) is 13.2 Å². The molecule has 0 radical (unpaired) electrons. The molecule has 0 fully saturated rings. The van der Waals surface area contributed by atoms with Crippen molar-refractivity contribution in [3.05, 3.63) is 35.9 Å². The van der Waals surface area contributed by atoms with Crippen LogP contribution in [0, 0.1) is 0 Å². The Kier molecular flexibility index (Phi) is 6.58. The van der Waals surface area contributed by atoms with Gasteiger partial charge in [0, 0.05) is 0 Å². The molecule has 0 saturated carbocycles. The van der Waals surface area contributed by atoms with Crippen LogP contribution in [0.3, 0.4) is 0 Å². The van der Waals surface area contributed by atoms with Crippen molar-refractivity contribution in [3.63, 3.8) is 0 Å². The predicted molar refractivity (Wildman–Crippen MR) is 71.6 cm³/mol. The van der Waals surface area contributed by atoms with Crippen molar-refractivity contribution in [3.8, 4) is 0 Å². The summed E-state index contributed by atoms with van der Waals surface area (Å²) in [7, 11) is -3.17. The molecule has 0 aliphatic rings. The molecule has 0 aliphatic heterocycles. The normalized spacial score (nSPS) is 13.5. The number of hydrogen-bond donors (Lipinski definition) is 0. The first-order valence-corrected chi connectivity index (χ1v) is 7.78. The molecular weight excluding hydrogens is 251 g/mol. The van der Waals surface area contributed by atoms with Crippen LogP contribution in [-0.2, 0) is 25.0 Å². The fourth-order valence-electron chi connectivity index (χ4n) is 1.49. The van der Waals surface area contributed by atoms with Gasteiger partial charge in [0.15, 0.2) is 5.85 Å². The van der Waals surface area contributed by atoms with Crippen LogP contribution in [0.4, 0.5) is 0 Å². The van der Waals surface area contributed by atoms with Gasteiger partial charge in [0.1, 0.15) is 0 Å². The van der Waals surface area contributed by atoms with E-state index in [1.54, 1.807) is 20.8 Å². The summed E-state index contributed by atoms with van der Waals surface area (Å²) >= 11 is 0. The van der Waals surface area contributed by atoms with Crippen LogP contribution in [0.25, 0.3) is 0 Å². The van der Waals surface area contributed by atoms with Gasteiger partial charge in [-0.15, -0.1) is 0 Å². The van der Waals surface area contributed by atoms with E-state index in [4.69, 9.17) is 13.8 Å². The van der Waals surface area contributed by atoms with Crippen LogP contribution in [0.15, 0.2) is 30.3 Å². The van der Waals surface area contributed by atoms with Gasteiger partial charge >= 0.3 is 7.60 Å². The zero-order valence-electron chi connectivity index (χ0n) is 11.2. The van der Waals surface area contributed by atoms with E-state index in [2.05, 4.69) is 0 Å². The maximum Gasteiger partial charge on any atom is 0.358 e. The van der Waals surface area contributed by atoms with Crippen molar-refractivity contribution < 1.29 is 18.3 Å². The number of ether oxygens (including phenoxy) is 1. The first-order chi connectivity index (χ1) is 8.62. The topological polar surface area (TPSA) is 44.8 Å². The van der Waals surface area contributed by atoms with Crippen molar-refractivity contribution >= 4 is 7.60 Å². The standard InChI is InChI=1S/C13H21O4P/c1-4-16-18(14,17-5-2)12(3)15-11-13-9-7-6-8-10-13/h6-10,12H,4-5,11H2,1-3H3. The van der Waals surface area contributed by atoms with Gasteiger partial charge in [0.05, 0.1) is 19.8 Å². The molecule has 1 atom stereocenters. The second kappa shape index (κ2) is 7.70. The SMILES string of the molecule is CCOP(=O)(OCC)C(C)OCc1ccccc1. The molecule has 0 saturated heterocycles. The summed E-state index contributed by atoms with van der Waals surface area (Å²) in [6.07, 6.45) is 0. The van der Waals surface area contributed by atoms with Gasteiger partial charge in [0.25, 0.3) is 0 Å². The van der Waals surface area contributed by atoms with E-state index in [-0.39, 0.29) is 0 Å². The van der Waals surface area contributed by atoms with Crippen LogP contribution >= 0.6 is 7.60 Å². The van der Waals surface area contributed by atoms with Crippen molar-refractivity contribution in [2.24, 2.45) is 0 Å². The molecule has 18 heavy (non-hydrogen) atoms. The highest BCUT2D eigenvalue weighted by Crippen LogP contribution is 2.53. The third kappa shape index (κ3) is 4.54. The zero-order valence-corrected chi connectivity index (χ0v) is 12.1. The third-order valence-electron chi connectivity index (χ3n) is 2.40. The minimum atomic E-state index is -3.17. The third-order valence-corrected chi connectivity index (χ3v) is 4.67. The molecule has 0 spiro atoms. The van der Waals surface area contributed by atoms with Crippen LogP contribution < -0.4 is 0 Å². The second-order valence-electron chi connectivity index (χ2n) is 3.77. The lowest BCUT2D eigenvalue weighted by atomic mass is 10.2. The molecule has 5 heteroatoms. The van der Waals surface area contributed by atoms with Gasteiger partial charge in [-0.3, -0.25) is 4.57 Å². The largest absolute Gasteiger partial charge is 0.361 e. The Bertz CT molecular complexity index is 370. The fraction of sp³-hybridized carbons (Fsp3) is 0.538. The van der Waals surface area contributed by atoms with E-state index in [1.165, 1.54) is 0 Å². The Labute approximate surface area is 109 Å². The Morgan fingerprint density at radius 1 is 1.11 bits per heavy atom. The van der Waals surface area contributed by atoms with E-state index < -0.39 is 13.4 Å². The van der Waals surface area contributed by atoms with Crippen LogP contribution in [0.1, 0.15) is 26.3 Å². The lowest BCUT2D eigenvalue weighted by molar-refractivity contribution is 0.0695. The summed E-state index contributed by atoms with van der Waals surface area (Å²) < 4.78 is 28.4. The van der Waals surface area contributed by atoms with Crippen LogP contribution in [0.2, 0.25) is 0 Å². The average Bonchev–Trinajstić information content (AvgIpc) is 2.37. The van der Waals surface area contributed by atoms with Gasteiger partial charge in [-0.2, -0.15) is 0 Å². The molecular formula is C13H21O4P. The quantitative estimate of drug-likeness (QED) is 0.675. The first kappa shape index (κ1) is 15.4. The van der Waals surface area contributed by atoms with E-state index in [0.29, 0.717) is 19.8 Å². The predicted octanol–water partition coefficient (Wildman–Crippen LogP) is 3.82. The number of benzene rings is 1. The summed E-state index contributed by atoms with van der Waals surface area (Å²) in [6.45, 7) is 6.37. The van der Waals surface area contributed by atoms with Gasteiger partial charge in [-0.25, -0.2) is 0 Å². The summed E-state index contributed by atoms with van der Waals surface area (Å²) in [5.41, 5.74) is 1.03. The lowest BCUT2D eigenvalue weighted by Crippen LogP contribution is -2.13. The van der Waals surface area contributed by atoms with E-state index in [9.17, 15) is 4.57 Å². The second-order valence-corrected chi connectivity index (χ2v) is 6.09. The van der Waals surface area contributed by atoms with E-state index in [0.717, 1.165) is 5.56 Å². The highest BCUT2D eigenvalue weighted by Gasteiger charge is 2.32. The molecule has 1 rings (SSSR count). The first-order valence-electron chi connectivity index (χ1n) is 6.16. The maximum absolute atomic E-state index is 12.4. The van der Waals surface area contributed by atoms with Crippen molar-refractivity contribution in [1.82, 2.24) is 0 Å². The van der Waals surface area contributed by atoms with Crippen LogP contribution in [-0.4, -0.2) is 19.1 Å². The molecule has 0 heterocycles. The molecule has 0 amide bonds. The maximum atomic E-state index is 12.4. The molecule has 0 N–H and O–H groups in total. The molecule has 1 aromatic rings. The summed E-state index contributed by atoms with van der Waals surface area (Å²) in [5, 5.41) is 0. The molecule has 1 unspecified atom stereocenters. The Morgan fingerprint density at radius 2 is 1.67 bits per heavy atom. The highest BCUT2D eigenvalue weighted by molar-refractivity contribution is 7.54. The monoisotopic (exact) mass is 272 g/mol. The molecule has 0 aromatic heterocycles. The van der Waals surface area contributed by atoms with E-state index >= 15 is 0 Å². The minimum Gasteiger partial charge on any atom is -0.361 e. The minimum absolute atomic E-state index is 0.344. The molecule has 0 aliphatic carbocycles. The van der Waals surface area contributed by atoms with Gasteiger partial charge in [-0.05, 0) is 26.3 Å². The lowest BCUT2D eigenvalue weighted by Gasteiger charge is -2.23.